The van der Waals surface area contributed by atoms with Gasteiger partial charge in [-0.2, -0.15) is 0 Å². The van der Waals surface area contributed by atoms with E-state index < -0.39 is 5.82 Å². The Bertz CT molecular complexity index is 1260. The van der Waals surface area contributed by atoms with Crippen molar-refractivity contribution < 1.29 is 18.7 Å². The molecular formula is C28H33ClFN5O3. The van der Waals surface area contributed by atoms with Crippen molar-refractivity contribution in [2.75, 3.05) is 32.2 Å². The van der Waals surface area contributed by atoms with Gasteiger partial charge in [0.1, 0.15) is 12.1 Å². The number of carbonyl (C=O) groups excluding carboxylic acids is 1. The predicted molar refractivity (Wildman–Crippen MR) is 145 cm³/mol. The van der Waals surface area contributed by atoms with Crippen molar-refractivity contribution in [3.63, 3.8) is 0 Å². The summed E-state index contributed by atoms with van der Waals surface area (Å²) in [5.74, 6) is 0.698. The van der Waals surface area contributed by atoms with Crippen molar-refractivity contribution in [1.82, 2.24) is 19.8 Å². The van der Waals surface area contributed by atoms with E-state index in [-0.39, 0.29) is 29.9 Å². The number of anilines is 1. The van der Waals surface area contributed by atoms with Crippen LogP contribution in [0, 0.1) is 5.82 Å². The molecule has 1 aliphatic carbocycles. The number of hydrogen-bond acceptors (Lipinski definition) is 6. The molecule has 1 N–H and O–H groups in total. The lowest BCUT2D eigenvalue weighted by Crippen LogP contribution is -2.49. The number of benzene rings is 2. The molecule has 2 aliphatic rings. The summed E-state index contributed by atoms with van der Waals surface area (Å²) < 4.78 is 25.9. The van der Waals surface area contributed by atoms with E-state index in [2.05, 4.69) is 15.3 Å². The number of piperidine rings is 1. The lowest BCUT2D eigenvalue weighted by Gasteiger charge is -2.38. The third kappa shape index (κ3) is 6.20. The maximum Gasteiger partial charge on any atom is 0.319 e. The van der Waals surface area contributed by atoms with Gasteiger partial charge in [0.2, 0.25) is 0 Å². The summed E-state index contributed by atoms with van der Waals surface area (Å²) in [6.07, 6.45) is 10.1. The molecule has 1 saturated carbocycles. The van der Waals surface area contributed by atoms with Crippen LogP contribution in [0.15, 0.2) is 42.9 Å². The lowest BCUT2D eigenvalue weighted by atomic mass is 9.92. The van der Waals surface area contributed by atoms with Gasteiger partial charge in [0, 0.05) is 49.5 Å². The van der Waals surface area contributed by atoms with Crippen LogP contribution in [0.3, 0.4) is 0 Å². The van der Waals surface area contributed by atoms with E-state index in [0.29, 0.717) is 17.2 Å². The van der Waals surface area contributed by atoms with E-state index in [1.54, 1.807) is 12.3 Å². The number of hydrogen-bond donors (Lipinski definition) is 1. The molecule has 2 fully saturated rings. The molecule has 38 heavy (non-hydrogen) atoms. The number of halogens is 2. The Hall–Kier alpha value is -3.33. The molecule has 0 spiro atoms. The Morgan fingerprint density at radius 1 is 1.13 bits per heavy atom. The van der Waals surface area contributed by atoms with E-state index >= 15 is 0 Å². The second kappa shape index (κ2) is 12.0. The number of aromatic nitrogens is 2. The minimum Gasteiger partial charge on any atom is -0.487 e. The van der Waals surface area contributed by atoms with E-state index in [9.17, 15) is 9.18 Å². The summed E-state index contributed by atoms with van der Waals surface area (Å²) in [5, 5.41) is 3.99. The third-order valence-electron chi connectivity index (χ3n) is 7.41. The maximum atomic E-state index is 13.5. The van der Waals surface area contributed by atoms with Crippen LogP contribution >= 0.6 is 11.6 Å². The van der Waals surface area contributed by atoms with Crippen molar-refractivity contribution in [3.8, 4) is 11.5 Å². The predicted octanol–water partition coefficient (Wildman–Crippen LogP) is 6.10. The Balaban J connectivity index is 1.22. The second-order valence-electron chi connectivity index (χ2n) is 9.96. The van der Waals surface area contributed by atoms with Gasteiger partial charge in [0.25, 0.3) is 0 Å². The van der Waals surface area contributed by atoms with E-state index in [0.717, 1.165) is 62.5 Å². The van der Waals surface area contributed by atoms with Gasteiger partial charge in [-0.15, -0.1) is 0 Å². The summed E-state index contributed by atoms with van der Waals surface area (Å²) in [6, 6.07) is 8.52. The molecular weight excluding hydrogens is 509 g/mol. The summed E-state index contributed by atoms with van der Waals surface area (Å²) >= 11 is 5.88. The molecule has 5 rings (SSSR count). The average molecular weight is 542 g/mol. The largest absolute Gasteiger partial charge is 0.487 e. The van der Waals surface area contributed by atoms with Crippen LogP contribution in [0.2, 0.25) is 5.02 Å². The van der Waals surface area contributed by atoms with Crippen molar-refractivity contribution >= 4 is 34.2 Å². The van der Waals surface area contributed by atoms with Crippen LogP contribution in [0.1, 0.15) is 44.9 Å². The first kappa shape index (κ1) is 26.3. The number of likely N-dealkylation sites (tertiary alicyclic amines) is 1. The van der Waals surface area contributed by atoms with Gasteiger partial charge in [0.15, 0.2) is 18.2 Å². The van der Waals surface area contributed by atoms with Crippen molar-refractivity contribution in [2.24, 2.45) is 0 Å². The number of ether oxygens (including phenoxy) is 2. The zero-order valence-corrected chi connectivity index (χ0v) is 22.3. The fourth-order valence-corrected chi connectivity index (χ4v) is 5.37. The second-order valence-corrected chi connectivity index (χ2v) is 10.4. The van der Waals surface area contributed by atoms with Crippen LogP contribution in [-0.2, 0) is 0 Å². The molecule has 8 nitrogen and oxygen atoms in total. The summed E-state index contributed by atoms with van der Waals surface area (Å²) in [6.45, 7) is 1.85. The third-order valence-corrected chi connectivity index (χ3v) is 7.70. The highest BCUT2D eigenvalue weighted by Gasteiger charge is 2.30. The number of nitrogens with one attached hydrogen (secondary N) is 1. The molecule has 10 heteroatoms. The SMILES string of the molecule is CN(C(=O)N1CCCCC1)[C@H]1CC[C@@H](Oc2cc3cncnc3cc2OCNc2ccc(F)c(Cl)c2)CC1. The molecule has 2 aromatic carbocycles. The highest BCUT2D eigenvalue weighted by molar-refractivity contribution is 6.31. The molecule has 0 bridgehead atoms. The molecule has 202 valence electrons. The molecule has 1 aromatic heterocycles. The van der Waals surface area contributed by atoms with E-state index in [1.807, 2.05) is 29.0 Å². The lowest BCUT2D eigenvalue weighted by molar-refractivity contribution is 0.0906. The summed E-state index contributed by atoms with van der Waals surface area (Å²) in [4.78, 5) is 25.3. The summed E-state index contributed by atoms with van der Waals surface area (Å²) in [5.41, 5.74) is 1.39. The number of nitrogens with zero attached hydrogens (tertiary/aromatic N) is 4. The van der Waals surface area contributed by atoms with Gasteiger partial charge < -0.3 is 24.6 Å². The van der Waals surface area contributed by atoms with Gasteiger partial charge in [-0.1, -0.05) is 11.6 Å². The average Bonchev–Trinajstić information content (AvgIpc) is 2.95. The zero-order chi connectivity index (χ0) is 26.5. The van der Waals surface area contributed by atoms with E-state index in [4.69, 9.17) is 21.1 Å². The van der Waals surface area contributed by atoms with Crippen LogP contribution in [0.25, 0.3) is 10.9 Å². The van der Waals surface area contributed by atoms with Crippen molar-refractivity contribution in [2.45, 2.75) is 57.1 Å². The van der Waals surface area contributed by atoms with Gasteiger partial charge in [-0.25, -0.2) is 19.2 Å². The Kier molecular flexibility index (Phi) is 8.32. The first-order valence-electron chi connectivity index (χ1n) is 13.2. The molecule has 0 atom stereocenters. The van der Waals surface area contributed by atoms with Gasteiger partial charge in [-0.05, 0) is 69.2 Å². The molecule has 1 aliphatic heterocycles. The fraction of sp³-hybridized carbons (Fsp3) is 0.464. The summed E-state index contributed by atoms with van der Waals surface area (Å²) in [7, 11) is 1.93. The van der Waals surface area contributed by atoms with Gasteiger partial charge >= 0.3 is 6.03 Å². The highest BCUT2D eigenvalue weighted by atomic mass is 35.5. The van der Waals surface area contributed by atoms with Crippen LogP contribution in [0.5, 0.6) is 11.5 Å². The fourth-order valence-electron chi connectivity index (χ4n) is 5.19. The first-order chi connectivity index (χ1) is 18.5. The molecule has 2 amide bonds. The number of urea groups is 1. The monoisotopic (exact) mass is 541 g/mol. The van der Waals surface area contributed by atoms with Gasteiger partial charge in [0.05, 0.1) is 16.6 Å². The number of amides is 2. The standard InChI is InChI=1S/C28H33ClFN5O3/c1-34(28(36)35-11-3-2-4-12-35)21-6-8-22(9-7-21)38-27-13-19-16-31-17-32-25(19)15-26(27)37-18-33-20-5-10-24(30)23(29)14-20/h5,10,13-17,21-22,33H,2-4,6-9,11-12,18H2,1H3/t21-,22+. The number of carbonyl (C=O) groups is 1. The Labute approximate surface area is 227 Å². The van der Waals surface area contributed by atoms with Gasteiger partial charge in [-0.3, -0.25) is 0 Å². The highest BCUT2D eigenvalue weighted by Crippen LogP contribution is 2.35. The van der Waals surface area contributed by atoms with Crippen LogP contribution < -0.4 is 14.8 Å². The topological polar surface area (TPSA) is 79.8 Å². The minimum atomic E-state index is -0.472. The smallest absolute Gasteiger partial charge is 0.319 e. The molecule has 3 aromatic rings. The van der Waals surface area contributed by atoms with Crippen molar-refractivity contribution in [1.29, 1.82) is 0 Å². The maximum absolute atomic E-state index is 13.5. The Morgan fingerprint density at radius 3 is 2.68 bits per heavy atom. The number of fused-ring (bicyclic) bond motifs is 1. The quantitative estimate of drug-likeness (QED) is 0.364. The van der Waals surface area contributed by atoms with Crippen LogP contribution in [-0.4, -0.2) is 64.8 Å². The molecule has 0 unspecified atom stereocenters. The Morgan fingerprint density at radius 2 is 1.92 bits per heavy atom. The number of rotatable bonds is 7. The zero-order valence-electron chi connectivity index (χ0n) is 21.5. The van der Waals surface area contributed by atoms with Crippen LogP contribution in [0.4, 0.5) is 14.9 Å². The molecule has 1 saturated heterocycles. The minimum absolute atomic E-state index is 0.0121. The normalized spacial score (nSPS) is 19.7. The molecule has 0 radical (unpaired) electrons. The molecule has 2 heterocycles. The van der Waals surface area contributed by atoms with E-state index in [1.165, 1.54) is 24.9 Å². The van der Waals surface area contributed by atoms with Crippen molar-refractivity contribution in [3.05, 3.63) is 53.7 Å². The first-order valence-corrected chi connectivity index (χ1v) is 13.6.